The first-order valence-electron chi connectivity index (χ1n) is 6.15. The normalized spacial score (nSPS) is 12.7. The van der Waals surface area contributed by atoms with Crippen molar-refractivity contribution < 1.29 is 14.3 Å². The van der Waals surface area contributed by atoms with Crippen LogP contribution in [0.4, 0.5) is 4.79 Å². The number of halogens is 1. The molecular weight excluding hydrogens is 357 g/mol. The maximum Gasteiger partial charge on any atom is 0.407 e. The van der Waals surface area contributed by atoms with Crippen molar-refractivity contribution in [1.29, 1.82) is 0 Å². The first kappa shape index (κ1) is 16.1. The zero-order valence-corrected chi connectivity index (χ0v) is 13.9. The van der Waals surface area contributed by atoms with Gasteiger partial charge in [-0.05, 0) is 74.6 Å². The van der Waals surface area contributed by atoms with Gasteiger partial charge in [-0.1, -0.05) is 0 Å². The third-order valence-electron chi connectivity index (χ3n) is 2.08. The van der Waals surface area contributed by atoms with Crippen molar-refractivity contribution in [2.45, 2.75) is 39.4 Å². The van der Waals surface area contributed by atoms with Gasteiger partial charge in [0.2, 0.25) is 0 Å². The Morgan fingerprint density at radius 3 is 2.42 bits per heavy atom. The van der Waals surface area contributed by atoms with Crippen molar-refractivity contribution in [3.8, 4) is 5.75 Å². The fourth-order valence-corrected chi connectivity index (χ4v) is 1.69. The average molecular weight is 377 g/mol. The summed E-state index contributed by atoms with van der Waals surface area (Å²) in [6, 6.07) is 7.77. The number of ether oxygens (including phenoxy) is 2. The molecule has 1 unspecified atom stereocenters. The fraction of sp³-hybridized carbons (Fsp3) is 0.500. The van der Waals surface area contributed by atoms with Gasteiger partial charge in [-0.25, -0.2) is 4.79 Å². The SMILES string of the molecule is CC(CNC(=O)OC(C)(C)C)Oc1ccc(I)cc1. The van der Waals surface area contributed by atoms with E-state index in [1.807, 2.05) is 52.0 Å². The zero-order valence-electron chi connectivity index (χ0n) is 11.7. The Bertz CT molecular complexity index is 412. The molecular formula is C14H20INO3. The van der Waals surface area contributed by atoms with Crippen LogP contribution in [0, 0.1) is 3.57 Å². The highest BCUT2D eigenvalue weighted by Gasteiger charge is 2.16. The van der Waals surface area contributed by atoms with Crippen LogP contribution in [0.2, 0.25) is 0 Å². The van der Waals surface area contributed by atoms with E-state index in [2.05, 4.69) is 27.9 Å². The van der Waals surface area contributed by atoms with E-state index in [1.54, 1.807) is 0 Å². The smallest absolute Gasteiger partial charge is 0.407 e. The molecule has 0 saturated carbocycles. The molecule has 0 aliphatic rings. The molecule has 0 bridgehead atoms. The number of alkyl carbamates (subject to hydrolysis) is 1. The molecule has 0 radical (unpaired) electrons. The minimum absolute atomic E-state index is 0.118. The van der Waals surface area contributed by atoms with Crippen LogP contribution in [-0.2, 0) is 4.74 Å². The first-order valence-corrected chi connectivity index (χ1v) is 7.23. The Balaban J connectivity index is 2.33. The zero-order chi connectivity index (χ0) is 14.5. The van der Waals surface area contributed by atoms with Crippen molar-refractivity contribution >= 4 is 28.7 Å². The van der Waals surface area contributed by atoms with E-state index in [-0.39, 0.29) is 6.10 Å². The summed E-state index contributed by atoms with van der Waals surface area (Å²) in [5.41, 5.74) is -0.482. The predicted molar refractivity (Wildman–Crippen MR) is 83.5 cm³/mol. The van der Waals surface area contributed by atoms with Gasteiger partial charge in [0.05, 0.1) is 6.54 Å². The number of rotatable bonds is 4. The van der Waals surface area contributed by atoms with Gasteiger partial charge in [0.15, 0.2) is 0 Å². The summed E-state index contributed by atoms with van der Waals surface area (Å²) in [5.74, 6) is 0.791. The van der Waals surface area contributed by atoms with Crippen LogP contribution in [0.25, 0.3) is 0 Å². The van der Waals surface area contributed by atoms with Crippen molar-refractivity contribution in [3.63, 3.8) is 0 Å². The lowest BCUT2D eigenvalue weighted by Gasteiger charge is -2.21. The summed E-state index contributed by atoms with van der Waals surface area (Å²) in [6.45, 7) is 7.80. The second-order valence-electron chi connectivity index (χ2n) is 5.27. The van der Waals surface area contributed by atoms with Crippen molar-refractivity contribution in [2.24, 2.45) is 0 Å². The summed E-state index contributed by atoms with van der Waals surface area (Å²) >= 11 is 2.24. The highest BCUT2D eigenvalue weighted by Crippen LogP contribution is 2.14. The minimum atomic E-state index is -0.482. The van der Waals surface area contributed by atoms with Gasteiger partial charge in [-0.3, -0.25) is 0 Å². The number of carbonyl (C=O) groups excluding carboxylic acids is 1. The monoisotopic (exact) mass is 377 g/mol. The van der Waals surface area contributed by atoms with E-state index < -0.39 is 11.7 Å². The van der Waals surface area contributed by atoms with Crippen LogP contribution in [0.1, 0.15) is 27.7 Å². The second kappa shape index (κ2) is 6.98. The van der Waals surface area contributed by atoms with E-state index in [9.17, 15) is 4.79 Å². The van der Waals surface area contributed by atoms with Gasteiger partial charge in [0.25, 0.3) is 0 Å². The molecule has 106 valence electrons. The molecule has 1 N–H and O–H groups in total. The number of hydrogen-bond acceptors (Lipinski definition) is 3. The number of benzene rings is 1. The number of nitrogens with one attached hydrogen (secondary N) is 1. The highest BCUT2D eigenvalue weighted by molar-refractivity contribution is 14.1. The quantitative estimate of drug-likeness (QED) is 0.816. The number of hydrogen-bond donors (Lipinski definition) is 1. The molecule has 1 atom stereocenters. The Morgan fingerprint density at radius 2 is 1.89 bits per heavy atom. The molecule has 0 aliphatic carbocycles. The van der Waals surface area contributed by atoms with Gasteiger partial charge in [0, 0.05) is 3.57 Å². The molecule has 0 aromatic heterocycles. The molecule has 0 saturated heterocycles. The highest BCUT2D eigenvalue weighted by atomic mass is 127. The number of carbonyl (C=O) groups is 1. The van der Waals surface area contributed by atoms with E-state index in [0.29, 0.717) is 6.54 Å². The molecule has 19 heavy (non-hydrogen) atoms. The molecule has 1 aromatic carbocycles. The van der Waals surface area contributed by atoms with Crippen LogP contribution in [0.5, 0.6) is 5.75 Å². The van der Waals surface area contributed by atoms with E-state index in [1.165, 1.54) is 0 Å². The lowest BCUT2D eigenvalue weighted by molar-refractivity contribution is 0.0505. The lowest BCUT2D eigenvalue weighted by Crippen LogP contribution is -2.37. The molecule has 0 spiro atoms. The largest absolute Gasteiger partial charge is 0.489 e. The summed E-state index contributed by atoms with van der Waals surface area (Å²) in [7, 11) is 0. The molecule has 1 aromatic rings. The van der Waals surface area contributed by atoms with Crippen LogP contribution in [-0.4, -0.2) is 24.3 Å². The average Bonchev–Trinajstić information content (AvgIpc) is 2.27. The van der Waals surface area contributed by atoms with Gasteiger partial charge < -0.3 is 14.8 Å². The minimum Gasteiger partial charge on any atom is -0.489 e. The van der Waals surface area contributed by atoms with Crippen LogP contribution in [0.3, 0.4) is 0 Å². The summed E-state index contributed by atoms with van der Waals surface area (Å²) in [5, 5.41) is 2.68. The lowest BCUT2D eigenvalue weighted by atomic mass is 10.2. The van der Waals surface area contributed by atoms with Crippen LogP contribution >= 0.6 is 22.6 Å². The van der Waals surface area contributed by atoms with Crippen molar-refractivity contribution in [3.05, 3.63) is 27.8 Å². The maximum atomic E-state index is 11.5. The summed E-state index contributed by atoms with van der Waals surface area (Å²) < 4.78 is 12.0. The van der Waals surface area contributed by atoms with Crippen LogP contribution in [0.15, 0.2) is 24.3 Å². The molecule has 1 amide bonds. The molecule has 0 heterocycles. The second-order valence-corrected chi connectivity index (χ2v) is 6.51. The Hall–Kier alpha value is -0.980. The van der Waals surface area contributed by atoms with Crippen molar-refractivity contribution in [1.82, 2.24) is 5.32 Å². The fourth-order valence-electron chi connectivity index (χ4n) is 1.33. The van der Waals surface area contributed by atoms with Gasteiger partial charge >= 0.3 is 6.09 Å². The van der Waals surface area contributed by atoms with Gasteiger partial charge in [0.1, 0.15) is 17.5 Å². The molecule has 0 aliphatic heterocycles. The Labute approximate surface area is 128 Å². The third kappa shape index (κ3) is 7.25. The molecule has 1 rings (SSSR count). The van der Waals surface area contributed by atoms with E-state index in [0.717, 1.165) is 9.32 Å². The van der Waals surface area contributed by atoms with Crippen LogP contribution < -0.4 is 10.1 Å². The summed E-state index contributed by atoms with van der Waals surface area (Å²) in [4.78, 5) is 11.5. The standard InChI is InChI=1S/C14H20INO3/c1-10(9-16-13(17)19-14(2,3)4)18-12-7-5-11(15)6-8-12/h5-8,10H,9H2,1-4H3,(H,16,17). The molecule has 5 heteroatoms. The predicted octanol–water partition coefficient (Wildman–Crippen LogP) is 3.58. The number of amides is 1. The van der Waals surface area contributed by atoms with Gasteiger partial charge in [-0.2, -0.15) is 0 Å². The molecule has 0 fully saturated rings. The molecule has 4 nitrogen and oxygen atoms in total. The first-order chi connectivity index (χ1) is 8.76. The van der Waals surface area contributed by atoms with E-state index >= 15 is 0 Å². The topological polar surface area (TPSA) is 47.6 Å². The Kier molecular flexibility index (Phi) is 5.90. The van der Waals surface area contributed by atoms with E-state index in [4.69, 9.17) is 9.47 Å². The maximum absolute atomic E-state index is 11.5. The Morgan fingerprint density at radius 1 is 1.32 bits per heavy atom. The van der Waals surface area contributed by atoms with Gasteiger partial charge in [-0.15, -0.1) is 0 Å². The van der Waals surface area contributed by atoms with Crippen molar-refractivity contribution in [2.75, 3.05) is 6.54 Å². The summed E-state index contributed by atoms with van der Waals surface area (Å²) in [6.07, 6.45) is -0.543. The third-order valence-corrected chi connectivity index (χ3v) is 2.80.